The quantitative estimate of drug-likeness (QED) is 0.638. The van der Waals surface area contributed by atoms with Crippen molar-refractivity contribution in [3.8, 4) is 23.0 Å². The molecule has 0 radical (unpaired) electrons. The maximum atomic E-state index is 12.4. The number of hydrogen-bond acceptors (Lipinski definition) is 7. The van der Waals surface area contributed by atoms with E-state index in [9.17, 15) is 8.42 Å². The lowest BCUT2D eigenvalue weighted by Gasteiger charge is -2.25. The maximum Gasteiger partial charge on any atom is 0.268 e. The molecule has 1 aliphatic carbocycles. The molecule has 0 amide bonds. The van der Waals surface area contributed by atoms with Crippen LogP contribution in [0, 0.1) is 0 Å². The molecule has 1 fully saturated rings. The molecule has 2 aromatic heterocycles. The normalized spacial score (nSPS) is 17.9. The van der Waals surface area contributed by atoms with Crippen LogP contribution in [-0.4, -0.2) is 51.2 Å². The molecule has 3 aromatic rings. The number of rotatable bonds is 5. The maximum absolute atomic E-state index is 12.4. The van der Waals surface area contributed by atoms with Gasteiger partial charge in [0.2, 0.25) is 15.9 Å². The van der Waals surface area contributed by atoms with Gasteiger partial charge in [0, 0.05) is 18.7 Å². The van der Waals surface area contributed by atoms with Gasteiger partial charge in [0.1, 0.15) is 5.69 Å². The molecule has 1 aliphatic heterocycles. The minimum atomic E-state index is -3.15. The van der Waals surface area contributed by atoms with Gasteiger partial charge in [0.15, 0.2) is 0 Å². The van der Waals surface area contributed by atoms with Gasteiger partial charge in [-0.05, 0) is 37.0 Å². The van der Waals surface area contributed by atoms with Gasteiger partial charge in [-0.2, -0.15) is 4.31 Å². The van der Waals surface area contributed by atoms with Crippen LogP contribution in [0.2, 0.25) is 0 Å². The summed E-state index contributed by atoms with van der Waals surface area (Å²) >= 11 is 0. The first-order chi connectivity index (χ1) is 14.1. The van der Waals surface area contributed by atoms with Crippen LogP contribution < -0.4 is 0 Å². The molecule has 0 atom stereocenters. The van der Waals surface area contributed by atoms with Crippen molar-refractivity contribution < 1.29 is 12.8 Å². The molecule has 5 rings (SSSR count). The smallest absolute Gasteiger partial charge is 0.268 e. The lowest BCUT2D eigenvalue weighted by atomic mass is 10.1. The molecule has 29 heavy (non-hydrogen) atoms. The van der Waals surface area contributed by atoms with Crippen molar-refractivity contribution in [2.45, 2.75) is 24.5 Å². The van der Waals surface area contributed by atoms with Gasteiger partial charge in [-0.1, -0.05) is 24.3 Å². The van der Waals surface area contributed by atoms with E-state index in [1.54, 1.807) is 16.7 Å². The second-order valence-corrected chi connectivity index (χ2v) is 9.36. The SMILES string of the molecule is O=S(=O)(C1CC1)N1CC=C(c2cncc(-c3nnc(-c4ccccc4)o3)n2)CC1. The Morgan fingerprint density at radius 1 is 1.00 bits per heavy atom. The molecule has 0 N–H and O–H groups in total. The summed E-state index contributed by atoms with van der Waals surface area (Å²) in [5, 5.41) is 8.00. The van der Waals surface area contributed by atoms with Gasteiger partial charge in [-0.25, -0.2) is 13.4 Å². The summed E-state index contributed by atoms with van der Waals surface area (Å²) in [6.45, 7) is 0.841. The highest BCUT2D eigenvalue weighted by molar-refractivity contribution is 7.90. The summed E-state index contributed by atoms with van der Waals surface area (Å²) in [7, 11) is -3.15. The molecule has 9 heteroatoms. The predicted molar refractivity (Wildman–Crippen MR) is 107 cm³/mol. The number of nitrogens with zero attached hydrogens (tertiary/aromatic N) is 5. The summed E-state index contributed by atoms with van der Waals surface area (Å²) < 4.78 is 32.1. The Morgan fingerprint density at radius 2 is 1.76 bits per heavy atom. The predicted octanol–water partition coefficient (Wildman–Crippen LogP) is 2.77. The molecule has 0 unspecified atom stereocenters. The largest absolute Gasteiger partial charge is 0.415 e. The van der Waals surface area contributed by atoms with Crippen LogP contribution >= 0.6 is 0 Å². The molecule has 3 heterocycles. The van der Waals surface area contributed by atoms with E-state index >= 15 is 0 Å². The third-order valence-corrected chi connectivity index (χ3v) is 7.47. The van der Waals surface area contributed by atoms with Crippen molar-refractivity contribution >= 4 is 15.6 Å². The van der Waals surface area contributed by atoms with E-state index in [-0.39, 0.29) is 5.25 Å². The van der Waals surface area contributed by atoms with E-state index in [1.165, 1.54) is 0 Å². The Bertz CT molecular complexity index is 1170. The van der Waals surface area contributed by atoms with Crippen LogP contribution in [0.1, 0.15) is 25.0 Å². The fraction of sp³-hybridized carbons (Fsp3) is 0.300. The minimum absolute atomic E-state index is 0.183. The first-order valence-corrected chi connectivity index (χ1v) is 11.0. The summed E-state index contributed by atoms with van der Waals surface area (Å²) in [6.07, 6.45) is 7.33. The van der Waals surface area contributed by atoms with E-state index in [0.29, 0.717) is 42.7 Å². The highest BCUT2D eigenvalue weighted by atomic mass is 32.2. The summed E-state index contributed by atoms with van der Waals surface area (Å²) in [6, 6.07) is 9.52. The van der Waals surface area contributed by atoms with Gasteiger partial charge < -0.3 is 4.42 Å². The molecule has 148 valence electrons. The van der Waals surface area contributed by atoms with Crippen LogP contribution in [0.5, 0.6) is 0 Å². The van der Waals surface area contributed by atoms with Crippen molar-refractivity contribution in [2.24, 2.45) is 0 Å². The monoisotopic (exact) mass is 409 g/mol. The van der Waals surface area contributed by atoms with Gasteiger partial charge >= 0.3 is 0 Å². The third-order valence-electron chi connectivity index (χ3n) is 5.11. The van der Waals surface area contributed by atoms with Crippen molar-refractivity contribution in [1.82, 2.24) is 24.5 Å². The second kappa shape index (κ2) is 7.16. The molecule has 1 aromatic carbocycles. The zero-order valence-corrected chi connectivity index (χ0v) is 16.4. The highest BCUT2D eigenvalue weighted by Crippen LogP contribution is 2.33. The van der Waals surface area contributed by atoms with Crippen molar-refractivity contribution in [3.05, 3.63) is 54.5 Å². The minimum Gasteiger partial charge on any atom is -0.415 e. The molecule has 0 saturated heterocycles. The zero-order chi connectivity index (χ0) is 19.8. The lowest BCUT2D eigenvalue weighted by molar-refractivity contribution is 0.440. The number of benzene rings is 1. The Labute approximate surface area is 168 Å². The molecular weight excluding hydrogens is 390 g/mol. The van der Waals surface area contributed by atoms with Crippen molar-refractivity contribution in [2.75, 3.05) is 13.1 Å². The average molecular weight is 409 g/mol. The van der Waals surface area contributed by atoms with E-state index in [2.05, 4.69) is 20.2 Å². The van der Waals surface area contributed by atoms with Crippen LogP contribution in [0.25, 0.3) is 28.6 Å². The van der Waals surface area contributed by atoms with Gasteiger partial charge in [0.25, 0.3) is 5.89 Å². The molecule has 1 saturated carbocycles. The topological polar surface area (TPSA) is 102 Å². The van der Waals surface area contributed by atoms with Crippen LogP contribution in [-0.2, 0) is 10.0 Å². The van der Waals surface area contributed by atoms with E-state index in [4.69, 9.17) is 4.42 Å². The van der Waals surface area contributed by atoms with Crippen LogP contribution in [0.4, 0.5) is 0 Å². The van der Waals surface area contributed by atoms with E-state index < -0.39 is 10.0 Å². The fourth-order valence-electron chi connectivity index (χ4n) is 3.34. The number of sulfonamides is 1. The Morgan fingerprint density at radius 3 is 2.48 bits per heavy atom. The average Bonchev–Trinajstić information content (AvgIpc) is 3.52. The molecule has 2 aliphatic rings. The first kappa shape index (κ1) is 18.1. The fourth-order valence-corrected chi connectivity index (χ4v) is 5.12. The van der Waals surface area contributed by atoms with E-state index in [1.807, 2.05) is 36.4 Å². The van der Waals surface area contributed by atoms with Crippen molar-refractivity contribution in [3.63, 3.8) is 0 Å². The molecule has 0 bridgehead atoms. The molecule has 8 nitrogen and oxygen atoms in total. The van der Waals surface area contributed by atoms with Crippen LogP contribution in [0.3, 0.4) is 0 Å². The Kier molecular flexibility index (Phi) is 4.48. The third kappa shape index (κ3) is 3.58. The van der Waals surface area contributed by atoms with Crippen molar-refractivity contribution in [1.29, 1.82) is 0 Å². The first-order valence-electron chi connectivity index (χ1n) is 9.51. The second-order valence-electron chi connectivity index (χ2n) is 7.15. The summed E-state index contributed by atoms with van der Waals surface area (Å²) in [5.74, 6) is 0.721. The highest BCUT2D eigenvalue weighted by Gasteiger charge is 2.40. The Balaban J connectivity index is 1.37. The lowest BCUT2D eigenvalue weighted by Crippen LogP contribution is -2.37. The van der Waals surface area contributed by atoms with Gasteiger partial charge in [-0.3, -0.25) is 4.98 Å². The van der Waals surface area contributed by atoms with Gasteiger partial charge in [0.05, 0.1) is 23.3 Å². The standard InChI is InChI=1S/C20H19N5O3S/c26-29(27,16-6-7-16)25-10-8-14(9-11-25)17-12-21-13-18(22-17)20-24-23-19(28-20)15-4-2-1-3-5-15/h1-5,8,12-13,16H,6-7,9-11H2. The Hall–Kier alpha value is -2.91. The number of hydrogen-bond donors (Lipinski definition) is 0. The van der Waals surface area contributed by atoms with E-state index in [0.717, 1.165) is 24.0 Å². The summed E-state index contributed by atoms with van der Waals surface area (Å²) in [4.78, 5) is 8.87. The number of aromatic nitrogens is 4. The summed E-state index contributed by atoms with van der Waals surface area (Å²) in [5.41, 5.74) is 3.00. The zero-order valence-electron chi connectivity index (χ0n) is 15.6. The molecular formula is C20H19N5O3S. The van der Waals surface area contributed by atoms with Gasteiger partial charge in [-0.15, -0.1) is 10.2 Å². The van der Waals surface area contributed by atoms with Crippen LogP contribution in [0.15, 0.2) is 53.2 Å². The molecule has 0 spiro atoms.